The summed E-state index contributed by atoms with van der Waals surface area (Å²) >= 11 is 0. The van der Waals surface area contributed by atoms with Gasteiger partial charge in [-0.05, 0) is 37.5 Å². The van der Waals surface area contributed by atoms with Crippen LogP contribution in [-0.4, -0.2) is 41.6 Å². The minimum atomic E-state index is -0.961. The molecule has 1 fully saturated rings. The molecule has 1 saturated heterocycles. The molecule has 0 aromatic heterocycles. The molecule has 23 heavy (non-hydrogen) atoms. The van der Waals surface area contributed by atoms with E-state index >= 15 is 0 Å². The smallest absolute Gasteiger partial charge is 0.311 e. The number of amides is 1. The van der Waals surface area contributed by atoms with Gasteiger partial charge in [-0.25, -0.2) is 0 Å². The van der Waals surface area contributed by atoms with Crippen molar-refractivity contribution in [2.45, 2.75) is 44.9 Å². The number of carboxylic acids is 1. The molecule has 1 heterocycles. The molecule has 1 unspecified atom stereocenters. The van der Waals surface area contributed by atoms with E-state index in [2.05, 4.69) is 0 Å². The Hall–Kier alpha value is -2.04. The molecule has 0 saturated carbocycles. The van der Waals surface area contributed by atoms with Crippen LogP contribution < -0.4 is 4.74 Å². The Morgan fingerprint density at radius 1 is 1.13 bits per heavy atom. The lowest BCUT2D eigenvalue weighted by Gasteiger charge is -2.22. The lowest BCUT2D eigenvalue weighted by atomic mass is 9.95. The third kappa shape index (κ3) is 4.98. The summed E-state index contributed by atoms with van der Waals surface area (Å²) in [6, 6.07) is 6.98. The van der Waals surface area contributed by atoms with Crippen LogP contribution in [-0.2, 0) is 9.59 Å². The second-order valence-electron chi connectivity index (χ2n) is 5.89. The van der Waals surface area contributed by atoms with E-state index in [1.807, 2.05) is 11.8 Å². The van der Waals surface area contributed by atoms with Crippen LogP contribution in [0.25, 0.3) is 0 Å². The Bertz CT molecular complexity index is 518. The van der Waals surface area contributed by atoms with Crippen molar-refractivity contribution in [3.05, 3.63) is 29.8 Å². The van der Waals surface area contributed by atoms with Crippen LogP contribution in [0, 0.1) is 0 Å². The average molecular weight is 319 g/mol. The number of carboxylic acid groups (broad SMARTS) is 1. The zero-order valence-corrected chi connectivity index (χ0v) is 13.7. The fraction of sp³-hybridized carbons (Fsp3) is 0.556. The van der Waals surface area contributed by atoms with Crippen LogP contribution in [0.4, 0.5) is 0 Å². The Balaban J connectivity index is 2.05. The fourth-order valence-corrected chi connectivity index (χ4v) is 2.93. The third-order valence-electron chi connectivity index (χ3n) is 4.23. The highest BCUT2D eigenvalue weighted by atomic mass is 16.5. The second kappa shape index (κ2) is 8.56. The first-order chi connectivity index (χ1) is 11.1. The summed E-state index contributed by atoms with van der Waals surface area (Å²) in [5.74, 6) is -1.12. The van der Waals surface area contributed by atoms with Gasteiger partial charge in [0.1, 0.15) is 5.75 Å². The number of rotatable bonds is 6. The van der Waals surface area contributed by atoms with Crippen molar-refractivity contribution in [2.75, 3.05) is 19.7 Å². The largest absolute Gasteiger partial charge is 0.494 e. The number of ether oxygens (including phenoxy) is 1. The van der Waals surface area contributed by atoms with Gasteiger partial charge < -0.3 is 14.7 Å². The normalized spacial score (nSPS) is 16.5. The Morgan fingerprint density at radius 2 is 1.74 bits per heavy atom. The number of hydrogen-bond donors (Lipinski definition) is 1. The molecule has 5 heteroatoms. The number of likely N-dealkylation sites (tertiary alicyclic amines) is 1. The Labute approximate surface area is 137 Å². The van der Waals surface area contributed by atoms with Gasteiger partial charge in [0, 0.05) is 19.5 Å². The van der Waals surface area contributed by atoms with Crippen LogP contribution in [0.2, 0.25) is 0 Å². The van der Waals surface area contributed by atoms with E-state index in [1.165, 1.54) is 0 Å². The van der Waals surface area contributed by atoms with Gasteiger partial charge in [0.15, 0.2) is 0 Å². The van der Waals surface area contributed by atoms with E-state index in [0.29, 0.717) is 17.9 Å². The van der Waals surface area contributed by atoms with Crippen LogP contribution in [0.5, 0.6) is 5.75 Å². The molecule has 0 bridgehead atoms. The molecule has 0 spiro atoms. The summed E-state index contributed by atoms with van der Waals surface area (Å²) in [7, 11) is 0. The highest BCUT2D eigenvalue weighted by Crippen LogP contribution is 2.24. The quantitative estimate of drug-likeness (QED) is 0.875. The maximum absolute atomic E-state index is 12.4. The molecular formula is C18H25NO4. The molecule has 2 rings (SSSR count). The molecule has 1 aliphatic rings. The van der Waals surface area contributed by atoms with Gasteiger partial charge in [-0.1, -0.05) is 25.0 Å². The molecule has 1 aromatic carbocycles. The summed E-state index contributed by atoms with van der Waals surface area (Å²) in [5, 5.41) is 9.50. The number of hydrogen-bond acceptors (Lipinski definition) is 3. The van der Waals surface area contributed by atoms with Gasteiger partial charge in [-0.3, -0.25) is 9.59 Å². The first-order valence-electron chi connectivity index (χ1n) is 8.35. The predicted molar refractivity (Wildman–Crippen MR) is 87.7 cm³/mol. The van der Waals surface area contributed by atoms with E-state index in [4.69, 9.17) is 4.74 Å². The van der Waals surface area contributed by atoms with Gasteiger partial charge in [0.2, 0.25) is 5.91 Å². The molecular weight excluding hydrogens is 294 g/mol. The summed E-state index contributed by atoms with van der Waals surface area (Å²) < 4.78 is 5.37. The van der Waals surface area contributed by atoms with Crippen molar-refractivity contribution >= 4 is 11.9 Å². The third-order valence-corrected chi connectivity index (χ3v) is 4.23. The maximum atomic E-state index is 12.4. The summed E-state index contributed by atoms with van der Waals surface area (Å²) in [6.45, 7) is 3.95. The van der Waals surface area contributed by atoms with Crippen molar-refractivity contribution in [3.63, 3.8) is 0 Å². The molecule has 126 valence electrons. The SMILES string of the molecule is CCOc1ccc(C(CC(=O)N2CCCCCC2)C(=O)O)cc1. The molecule has 0 aliphatic carbocycles. The van der Waals surface area contributed by atoms with Crippen LogP contribution in [0.3, 0.4) is 0 Å². The summed E-state index contributed by atoms with van der Waals surface area (Å²) in [6.07, 6.45) is 4.32. The van der Waals surface area contributed by atoms with Crippen LogP contribution in [0.15, 0.2) is 24.3 Å². The highest BCUT2D eigenvalue weighted by molar-refractivity contribution is 5.85. The van der Waals surface area contributed by atoms with Crippen molar-refractivity contribution in [3.8, 4) is 5.75 Å². The maximum Gasteiger partial charge on any atom is 0.311 e. The van der Waals surface area contributed by atoms with E-state index in [0.717, 1.165) is 38.8 Å². The van der Waals surface area contributed by atoms with E-state index in [1.54, 1.807) is 24.3 Å². The Kier molecular flexibility index (Phi) is 6.44. The number of carbonyl (C=O) groups is 2. The standard InChI is InChI=1S/C18H25NO4/c1-2-23-15-9-7-14(8-10-15)16(18(21)22)13-17(20)19-11-5-3-4-6-12-19/h7-10,16H,2-6,11-13H2,1H3,(H,21,22). The highest BCUT2D eigenvalue weighted by Gasteiger charge is 2.26. The fourth-order valence-electron chi connectivity index (χ4n) is 2.93. The van der Waals surface area contributed by atoms with Crippen LogP contribution in [0.1, 0.15) is 50.5 Å². The topological polar surface area (TPSA) is 66.8 Å². The predicted octanol–water partition coefficient (Wildman–Crippen LogP) is 3.05. The molecule has 1 atom stereocenters. The summed E-state index contributed by atoms with van der Waals surface area (Å²) in [5.41, 5.74) is 0.643. The van der Waals surface area contributed by atoms with Gasteiger partial charge >= 0.3 is 5.97 Å². The van der Waals surface area contributed by atoms with Crippen molar-refractivity contribution in [1.82, 2.24) is 4.90 Å². The first kappa shape index (κ1) is 17.3. The van der Waals surface area contributed by atoms with Crippen molar-refractivity contribution in [2.24, 2.45) is 0 Å². The summed E-state index contributed by atoms with van der Waals surface area (Å²) in [4.78, 5) is 25.9. The second-order valence-corrected chi connectivity index (χ2v) is 5.89. The van der Waals surface area contributed by atoms with Crippen LogP contribution >= 0.6 is 0 Å². The lowest BCUT2D eigenvalue weighted by Crippen LogP contribution is -2.33. The first-order valence-corrected chi connectivity index (χ1v) is 8.35. The van der Waals surface area contributed by atoms with Crippen molar-refractivity contribution in [1.29, 1.82) is 0 Å². The average Bonchev–Trinajstić information content (AvgIpc) is 2.83. The molecule has 1 N–H and O–H groups in total. The van der Waals surface area contributed by atoms with E-state index in [9.17, 15) is 14.7 Å². The molecule has 0 radical (unpaired) electrons. The van der Waals surface area contributed by atoms with E-state index < -0.39 is 11.9 Å². The van der Waals surface area contributed by atoms with Gasteiger partial charge in [-0.15, -0.1) is 0 Å². The number of aliphatic carboxylic acids is 1. The van der Waals surface area contributed by atoms with Gasteiger partial charge in [0.25, 0.3) is 0 Å². The van der Waals surface area contributed by atoms with Crippen molar-refractivity contribution < 1.29 is 19.4 Å². The molecule has 1 aromatic rings. The molecule has 5 nitrogen and oxygen atoms in total. The minimum absolute atomic E-state index is 0.0172. The molecule has 1 aliphatic heterocycles. The number of nitrogens with zero attached hydrogens (tertiary/aromatic N) is 1. The van der Waals surface area contributed by atoms with Gasteiger partial charge in [0.05, 0.1) is 12.5 Å². The number of benzene rings is 1. The van der Waals surface area contributed by atoms with Gasteiger partial charge in [-0.2, -0.15) is 0 Å². The molecule has 1 amide bonds. The zero-order chi connectivity index (χ0) is 16.7. The monoisotopic (exact) mass is 319 g/mol. The lowest BCUT2D eigenvalue weighted by molar-refractivity contribution is -0.142. The minimum Gasteiger partial charge on any atom is -0.494 e. The number of carbonyl (C=O) groups excluding carboxylic acids is 1. The zero-order valence-electron chi connectivity index (χ0n) is 13.7. The van der Waals surface area contributed by atoms with E-state index in [-0.39, 0.29) is 12.3 Å². The Morgan fingerprint density at radius 3 is 2.26 bits per heavy atom.